The molecule has 1 aromatic carbocycles. The summed E-state index contributed by atoms with van der Waals surface area (Å²) in [5.74, 6) is 0. The Kier molecular flexibility index (Phi) is 2.57. The van der Waals surface area contributed by atoms with Crippen molar-refractivity contribution in [1.82, 2.24) is 13.0 Å². The molecule has 0 unspecified atom stereocenters. The van der Waals surface area contributed by atoms with E-state index in [9.17, 15) is 9.59 Å². The second-order valence-electron chi connectivity index (χ2n) is 2.56. The molecular weight excluding hydrogens is 298 g/mol. The van der Waals surface area contributed by atoms with Gasteiger partial charge < -0.3 is 0 Å². The van der Waals surface area contributed by atoms with Crippen LogP contribution < -0.4 is 15.0 Å². The van der Waals surface area contributed by atoms with Gasteiger partial charge in [-0.3, -0.25) is 0 Å². The van der Waals surface area contributed by atoms with Crippen LogP contribution in [0, 0.1) is 0 Å². The molecule has 0 amide bonds. The van der Waals surface area contributed by atoms with Crippen molar-refractivity contribution in [3.8, 4) is 0 Å². The second kappa shape index (κ2) is 3.86. The molecule has 0 aliphatic rings. The van der Waals surface area contributed by atoms with Crippen LogP contribution in [-0.2, 0) is 0 Å². The summed E-state index contributed by atoms with van der Waals surface area (Å²) in [7, 11) is 0. The van der Waals surface area contributed by atoms with E-state index in [1.165, 1.54) is 2.82 Å². The molecule has 1 heterocycles. The Morgan fingerprint density at radius 1 is 1.00 bits per heavy atom. The van der Waals surface area contributed by atoms with Crippen LogP contribution in [0.1, 0.15) is 0 Å². The molecule has 0 atom stereocenters. The molecule has 72 valence electrons. The molecule has 2 N–H and O–H groups in total. The maximum absolute atomic E-state index is 11.2. The van der Waals surface area contributed by atoms with Crippen LogP contribution in [-0.4, -0.2) is 34.2 Å². The third kappa shape index (κ3) is 1.81. The summed E-state index contributed by atoms with van der Waals surface area (Å²) < 4.78 is 2.28. The topological polar surface area (TPSA) is 70.7 Å². The van der Waals surface area contributed by atoms with E-state index in [0.29, 0.717) is 0 Å². The van der Waals surface area contributed by atoms with Crippen LogP contribution in [0.25, 0.3) is 0 Å². The van der Waals surface area contributed by atoms with Crippen molar-refractivity contribution < 1.29 is 0 Å². The molecular formula is C8H7N3O2Te. The van der Waals surface area contributed by atoms with Gasteiger partial charge in [0.05, 0.1) is 0 Å². The first-order chi connectivity index (χ1) is 6.77. The van der Waals surface area contributed by atoms with Gasteiger partial charge in [-0.2, -0.15) is 0 Å². The average Bonchev–Trinajstić information content (AvgIpc) is 2.51. The molecule has 14 heavy (non-hydrogen) atoms. The van der Waals surface area contributed by atoms with E-state index in [2.05, 4.69) is 10.2 Å². The van der Waals surface area contributed by atoms with Gasteiger partial charge in [0.15, 0.2) is 0 Å². The first-order valence-corrected chi connectivity index (χ1v) is 6.11. The average molecular weight is 305 g/mol. The fourth-order valence-electron chi connectivity index (χ4n) is 0.970. The van der Waals surface area contributed by atoms with Crippen LogP contribution >= 0.6 is 0 Å². The summed E-state index contributed by atoms with van der Waals surface area (Å²) in [6.07, 6.45) is 0. The van der Waals surface area contributed by atoms with Crippen molar-refractivity contribution in [3.05, 3.63) is 51.3 Å². The number of hydrogen-bond donors (Lipinski definition) is 2. The molecule has 1 aromatic heterocycles. The van der Waals surface area contributed by atoms with E-state index in [4.69, 9.17) is 0 Å². The normalized spacial score (nSPS) is 10.3. The minimum atomic E-state index is -0.937. The van der Waals surface area contributed by atoms with Gasteiger partial charge in [-0.05, 0) is 0 Å². The Balaban J connectivity index is 2.37. The van der Waals surface area contributed by atoms with E-state index in [-0.39, 0.29) is 11.4 Å². The molecule has 0 bridgehead atoms. The minimum absolute atomic E-state index is 0.360. The summed E-state index contributed by atoms with van der Waals surface area (Å²) in [6.45, 7) is 0. The van der Waals surface area contributed by atoms with Crippen molar-refractivity contribution in [2.45, 2.75) is 0 Å². The molecule has 0 aliphatic heterocycles. The molecule has 5 nitrogen and oxygen atoms in total. The first kappa shape index (κ1) is 9.31. The molecule has 0 aliphatic carbocycles. The molecule has 0 radical (unpaired) electrons. The van der Waals surface area contributed by atoms with Gasteiger partial charge in [-0.25, -0.2) is 0 Å². The number of nitrogens with one attached hydrogen (secondary N) is 2. The molecule has 2 aromatic rings. The maximum atomic E-state index is 11.2. The Bertz CT molecular complexity index is 498. The molecule has 0 spiro atoms. The van der Waals surface area contributed by atoms with Crippen molar-refractivity contribution in [1.29, 1.82) is 0 Å². The SMILES string of the molecule is O=c1[nH][nH]c(=O)n1[Te]c1ccccc1. The summed E-state index contributed by atoms with van der Waals surface area (Å²) in [4.78, 5) is 22.3. The van der Waals surface area contributed by atoms with Gasteiger partial charge in [0.25, 0.3) is 0 Å². The Hall–Kier alpha value is -1.25. The van der Waals surface area contributed by atoms with Crippen molar-refractivity contribution in [2.24, 2.45) is 0 Å². The van der Waals surface area contributed by atoms with Gasteiger partial charge in [-0.1, -0.05) is 0 Å². The third-order valence-corrected chi connectivity index (χ3v) is 4.43. The zero-order chi connectivity index (χ0) is 9.97. The zero-order valence-corrected chi connectivity index (χ0v) is 9.39. The van der Waals surface area contributed by atoms with Gasteiger partial charge in [0.1, 0.15) is 0 Å². The second-order valence-corrected chi connectivity index (χ2v) is 5.47. The van der Waals surface area contributed by atoms with Gasteiger partial charge >= 0.3 is 89.1 Å². The number of hydrogen-bond acceptors (Lipinski definition) is 2. The van der Waals surface area contributed by atoms with Gasteiger partial charge in [0, 0.05) is 0 Å². The fraction of sp³-hybridized carbons (Fsp3) is 0. The van der Waals surface area contributed by atoms with E-state index in [1.54, 1.807) is 0 Å². The van der Waals surface area contributed by atoms with E-state index < -0.39 is 21.2 Å². The Morgan fingerprint density at radius 3 is 2.14 bits per heavy atom. The first-order valence-electron chi connectivity index (χ1n) is 3.90. The number of aromatic amines is 2. The van der Waals surface area contributed by atoms with Gasteiger partial charge in [0.2, 0.25) is 0 Å². The van der Waals surface area contributed by atoms with Crippen LogP contribution in [0.3, 0.4) is 0 Å². The molecule has 0 saturated carbocycles. The monoisotopic (exact) mass is 307 g/mol. The third-order valence-electron chi connectivity index (χ3n) is 1.59. The number of benzene rings is 1. The van der Waals surface area contributed by atoms with Gasteiger partial charge in [-0.15, -0.1) is 0 Å². The van der Waals surface area contributed by atoms with Crippen LogP contribution in [0.15, 0.2) is 39.9 Å². The van der Waals surface area contributed by atoms with Crippen LogP contribution in [0.4, 0.5) is 0 Å². The quantitative estimate of drug-likeness (QED) is 0.674. The number of nitrogens with zero attached hydrogens (tertiary/aromatic N) is 1. The van der Waals surface area contributed by atoms with Crippen molar-refractivity contribution >= 4 is 24.8 Å². The summed E-state index contributed by atoms with van der Waals surface area (Å²) in [5, 5.41) is 4.52. The molecule has 0 saturated heterocycles. The predicted molar refractivity (Wildman–Crippen MR) is 52.9 cm³/mol. The van der Waals surface area contributed by atoms with Crippen molar-refractivity contribution in [3.63, 3.8) is 0 Å². The molecule has 2 rings (SSSR count). The Morgan fingerprint density at radius 2 is 1.57 bits per heavy atom. The summed E-state index contributed by atoms with van der Waals surface area (Å²) >= 11 is -0.937. The Labute approximate surface area is 89.2 Å². The molecule has 6 heteroatoms. The van der Waals surface area contributed by atoms with E-state index in [1.807, 2.05) is 30.3 Å². The standard InChI is InChI=1S/C8H7N3O2Te/c12-7-9-10-8(13)11(7)14-6-4-2-1-3-5-6/h1-5H,(H,9,12)(H,10,13). The van der Waals surface area contributed by atoms with Crippen LogP contribution in [0.5, 0.6) is 0 Å². The van der Waals surface area contributed by atoms with E-state index in [0.717, 1.165) is 3.61 Å². The number of aromatic nitrogens is 3. The number of rotatable bonds is 2. The fourth-order valence-corrected chi connectivity index (χ4v) is 3.10. The number of H-pyrrole nitrogens is 2. The molecule has 0 fully saturated rings. The predicted octanol–water partition coefficient (Wildman–Crippen LogP) is -1.34. The van der Waals surface area contributed by atoms with E-state index >= 15 is 0 Å². The van der Waals surface area contributed by atoms with Crippen LogP contribution in [0.2, 0.25) is 0 Å². The summed E-state index contributed by atoms with van der Waals surface area (Å²) in [6, 6.07) is 9.53. The zero-order valence-electron chi connectivity index (χ0n) is 7.06. The van der Waals surface area contributed by atoms with Crippen molar-refractivity contribution in [2.75, 3.05) is 0 Å². The summed E-state index contributed by atoms with van der Waals surface area (Å²) in [5.41, 5.74) is -0.720.